The normalized spacial score (nSPS) is 11.5. The zero-order chi connectivity index (χ0) is 19.6. The van der Waals surface area contributed by atoms with Crippen LogP contribution in [0.3, 0.4) is 0 Å². The summed E-state index contributed by atoms with van der Waals surface area (Å²) in [6.07, 6.45) is 4.23. The molecule has 2 aromatic heterocycles. The van der Waals surface area contributed by atoms with Crippen LogP contribution in [0.15, 0.2) is 36.7 Å². The molecule has 4 N–H and O–H groups in total. The molecule has 0 aliphatic heterocycles. The third-order valence-electron chi connectivity index (χ3n) is 3.98. The summed E-state index contributed by atoms with van der Waals surface area (Å²) >= 11 is 0. The second-order valence-corrected chi connectivity index (χ2v) is 6.17. The smallest absolute Gasteiger partial charge is 0.180 e. The molecule has 1 atom stereocenters. The Bertz CT molecular complexity index is 797. The van der Waals surface area contributed by atoms with Gasteiger partial charge in [-0.15, -0.1) is 5.73 Å². The van der Waals surface area contributed by atoms with E-state index < -0.39 is 0 Å². The molecule has 2 rings (SSSR count). The van der Waals surface area contributed by atoms with E-state index in [1.54, 1.807) is 12.3 Å². The summed E-state index contributed by atoms with van der Waals surface area (Å²) in [6.45, 7) is 7.84. The fourth-order valence-corrected chi connectivity index (χ4v) is 2.61. The molecular weight excluding hydrogens is 342 g/mol. The van der Waals surface area contributed by atoms with Gasteiger partial charge >= 0.3 is 0 Å². The molecule has 0 aliphatic carbocycles. The molecule has 0 aromatic carbocycles. The first-order valence-corrected chi connectivity index (χ1v) is 9.03. The Morgan fingerprint density at radius 1 is 1.37 bits per heavy atom. The first-order valence-electron chi connectivity index (χ1n) is 9.03. The van der Waals surface area contributed by atoms with Gasteiger partial charge in [0.15, 0.2) is 11.6 Å². The molecule has 0 saturated carbocycles. The fraction of sp³-hybridized carbons (Fsp3) is 0.400. The van der Waals surface area contributed by atoms with Crippen LogP contribution in [0.25, 0.3) is 5.70 Å². The third kappa shape index (κ3) is 6.09. The molecule has 2 aromatic rings. The molecule has 7 heteroatoms. The lowest BCUT2D eigenvalue weighted by atomic mass is 10.1. The minimum Gasteiger partial charge on any atom is -0.482 e. The van der Waals surface area contributed by atoms with Gasteiger partial charge in [0.1, 0.15) is 18.1 Å². The number of aliphatic hydroxyl groups is 1. The summed E-state index contributed by atoms with van der Waals surface area (Å²) in [5.41, 5.74) is 10.2. The number of anilines is 1. The first-order chi connectivity index (χ1) is 13.1. The summed E-state index contributed by atoms with van der Waals surface area (Å²) in [7, 11) is 0. The summed E-state index contributed by atoms with van der Waals surface area (Å²) in [6, 6.07) is 5.63. The lowest BCUT2D eigenvalue weighted by Gasteiger charge is -2.20. The predicted octanol–water partition coefficient (Wildman–Crippen LogP) is 2.81. The molecule has 2 heterocycles. The maximum atomic E-state index is 9.27. The quantitative estimate of drug-likeness (QED) is 0.553. The standard InChI is InChI=1S/C20H27N5O2/c1-4-7-15(10-11-26)25-20-19(12-22-14(3)23-20)27-13-16-8-6-9-18(24-16)17(21)5-2/h6,8-9,12,15,26H,2,4,7,10-11,13,21H2,1,3H3,(H,22,23,25). The van der Waals surface area contributed by atoms with E-state index in [4.69, 9.17) is 10.5 Å². The van der Waals surface area contributed by atoms with Gasteiger partial charge in [0, 0.05) is 12.6 Å². The average Bonchev–Trinajstić information content (AvgIpc) is 2.67. The van der Waals surface area contributed by atoms with Crippen LogP contribution in [0.2, 0.25) is 0 Å². The SMILES string of the molecule is C=C=C(N)c1cccc(COc2cnc(C)nc2NC(CCC)CCO)n1. The van der Waals surface area contributed by atoms with E-state index in [0.29, 0.717) is 35.2 Å². The van der Waals surface area contributed by atoms with Crippen molar-refractivity contribution in [3.63, 3.8) is 0 Å². The van der Waals surface area contributed by atoms with Crippen molar-refractivity contribution in [2.24, 2.45) is 5.73 Å². The minimum atomic E-state index is 0.118. The van der Waals surface area contributed by atoms with Crippen LogP contribution in [0.5, 0.6) is 5.75 Å². The summed E-state index contributed by atoms with van der Waals surface area (Å²) < 4.78 is 5.91. The number of aryl methyl sites for hydroxylation is 1. The van der Waals surface area contributed by atoms with Crippen molar-refractivity contribution < 1.29 is 9.84 Å². The van der Waals surface area contributed by atoms with Crippen molar-refractivity contribution >= 4 is 11.5 Å². The van der Waals surface area contributed by atoms with Crippen LogP contribution in [0.4, 0.5) is 5.82 Å². The zero-order valence-corrected chi connectivity index (χ0v) is 15.9. The number of nitrogens with two attached hydrogens (primary N) is 1. The van der Waals surface area contributed by atoms with Gasteiger partial charge in [-0.2, -0.15) is 0 Å². The van der Waals surface area contributed by atoms with Crippen molar-refractivity contribution in [1.82, 2.24) is 15.0 Å². The monoisotopic (exact) mass is 369 g/mol. The largest absolute Gasteiger partial charge is 0.482 e. The highest BCUT2D eigenvalue weighted by atomic mass is 16.5. The topological polar surface area (TPSA) is 106 Å². The van der Waals surface area contributed by atoms with E-state index in [2.05, 4.69) is 39.5 Å². The first kappa shape index (κ1) is 20.4. The lowest BCUT2D eigenvalue weighted by molar-refractivity contribution is 0.275. The van der Waals surface area contributed by atoms with Crippen LogP contribution >= 0.6 is 0 Å². The zero-order valence-electron chi connectivity index (χ0n) is 15.9. The molecule has 7 nitrogen and oxygen atoms in total. The van der Waals surface area contributed by atoms with Gasteiger partial charge in [-0.25, -0.2) is 15.0 Å². The number of hydrogen-bond acceptors (Lipinski definition) is 7. The molecular formula is C20H27N5O2. The Balaban J connectivity index is 2.15. The van der Waals surface area contributed by atoms with Crippen LogP contribution in [-0.2, 0) is 6.61 Å². The van der Waals surface area contributed by atoms with Gasteiger partial charge in [0.2, 0.25) is 0 Å². The highest BCUT2D eigenvalue weighted by Crippen LogP contribution is 2.24. The molecule has 27 heavy (non-hydrogen) atoms. The third-order valence-corrected chi connectivity index (χ3v) is 3.98. The molecule has 0 fully saturated rings. The summed E-state index contributed by atoms with van der Waals surface area (Å²) in [5, 5.41) is 12.6. The van der Waals surface area contributed by atoms with Crippen molar-refractivity contribution in [2.75, 3.05) is 11.9 Å². The van der Waals surface area contributed by atoms with E-state index in [1.165, 1.54) is 0 Å². The second kappa shape index (κ2) is 10.3. The number of rotatable bonds is 10. The second-order valence-electron chi connectivity index (χ2n) is 6.17. The van der Waals surface area contributed by atoms with Gasteiger partial charge in [0.25, 0.3) is 0 Å². The van der Waals surface area contributed by atoms with Crippen molar-refractivity contribution in [1.29, 1.82) is 0 Å². The van der Waals surface area contributed by atoms with Gasteiger partial charge in [-0.1, -0.05) is 26.0 Å². The Hall–Kier alpha value is -2.89. The molecule has 0 bridgehead atoms. The summed E-state index contributed by atoms with van der Waals surface area (Å²) in [5.74, 6) is 1.81. The number of nitrogens with one attached hydrogen (secondary N) is 1. The number of nitrogens with zero attached hydrogens (tertiary/aromatic N) is 3. The van der Waals surface area contributed by atoms with Crippen molar-refractivity contribution in [3.8, 4) is 5.75 Å². The number of aromatic nitrogens is 3. The molecule has 0 radical (unpaired) electrons. The Labute approximate surface area is 160 Å². The van der Waals surface area contributed by atoms with Crippen molar-refractivity contribution in [2.45, 2.75) is 45.8 Å². The van der Waals surface area contributed by atoms with E-state index in [1.807, 2.05) is 19.1 Å². The van der Waals surface area contributed by atoms with Crippen LogP contribution in [0.1, 0.15) is 43.4 Å². The minimum absolute atomic E-state index is 0.118. The number of aliphatic hydroxyl groups excluding tert-OH is 1. The van der Waals surface area contributed by atoms with E-state index >= 15 is 0 Å². The number of hydrogen-bond donors (Lipinski definition) is 3. The Morgan fingerprint density at radius 2 is 2.19 bits per heavy atom. The molecule has 0 aliphatic rings. The molecule has 144 valence electrons. The molecule has 0 amide bonds. The van der Waals surface area contributed by atoms with Gasteiger partial charge in [-0.05, 0) is 31.9 Å². The van der Waals surface area contributed by atoms with Crippen LogP contribution in [0, 0.1) is 6.92 Å². The highest BCUT2D eigenvalue weighted by molar-refractivity contribution is 5.58. The molecule has 1 unspecified atom stereocenters. The van der Waals surface area contributed by atoms with Gasteiger partial charge < -0.3 is 20.9 Å². The molecule has 0 spiro atoms. The highest BCUT2D eigenvalue weighted by Gasteiger charge is 2.13. The van der Waals surface area contributed by atoms with Crippen molar-refractivity contribution in [3.05, 3.63) is 53.9 Å². The number of pyridine rings is 1. The van der Waals surface area contributed by atoms with Gasteiger partial charge in [0.05, 0.1) is 17.6 Å². The maximum Gasteiger partial charge on any atom is 0.180 e. The maximum absolute atomic E-state index is 9.27. The van der Waals surface area contributed by atoms with Crippen LogP contribution < -0.4 is 15.8 Å². The average molecular weight is 369 g/mol. The van der Waals surface area contributed by atoms with Crippen LogP contribution in [-0.4, -0.2) is 32.7 Å². The Morgan fingerprint density at radius 3 is 2.89 bits per heavy atom. The van der Waals surface area contributed by atoms with E-state index in [9.17, 15) is 5.11 Å². The number of ether oxygens (including phenoxy) is 1. The predicted molar refractivity (Wildman–Crippen MR) is 106 cm³/mol. The van der Waals surface area contributed by atoms with Gasteiger partial charge in [-0.3, -0.25) is 0 Å². The molecule has 0 saturated heterocycles. The lowest BCUT2D eigenvalue weighted by Crippen LogP contribution is -2.22. The fourth-order valence-electron chi connectivity index (χ4n) is 2.61. The van der Waals surface area contributed by atoms with E-state index in [0.717, 1.165) is 18.5 Å². The Kier molecular flexibility index (Phi) is 7.79. The summed E-state index contributed by atoms with van der Waals surface area (Å²) in [4.78, 5) is 13.1. The van der Waals surface area contributed by atoms with E-state index in [-0.39, 0.29) is 19.3 Å².